The van der Waals surface area contributed by atoms with Gasteiger partial charge in [-0.25, -0.2) is 0 Å². The van der Waals surface area contributed by atoms with Crippen molar-refractivity contribution in [3.05, 3.63) is 27.1 Å². The van der Waals surface area contributed by atoms with Crippen molar-refractivity contribution >= 4 is 31.9 Å². The number of halogens is 2. The summed E-state index contributed by atoms with van der Waals surface area (Å²) in [7, 11) is 0. The second kappa shape index (κ2) is 5.68. The van der Waals surface area contributed by atoms with Gasteiger partial charge in [-0.15, -0.1) is 0 Å². The van der Waals surface area contributed by atoms with Crippen LogP contribution in [-0.4, -0.2) is 21.7 Å². The Labute approximate surface area is 127 Å². The number of nitrogens with one attached hydrogen (secondary N) is 1. The molecule has 1 saturated heterocycles. The summed E-state index contributed by atoms with van der Waals surface area (Å²) >= 11 is 6.83. The minimum Gasteiger partial charge on any atom is -0.337 e. The van der Waals surface area contributed by atoms with E-state index in [0.717, 1.165) is 21.9 Å². The second-order valence-corrected chi connectivity index (χ2v) is 6.21. The molecule has 5 nitrogen and oxygen atoms in total. The molecule has 0 saturated carbocycles. The van der Waals surface area contributed by atoms with Crippen LogP contribution in [0.15, 0.2) is 25.7 Å². The fourth-order valence-electron chi connectivity index (χ4n) is 2.11. The molecule has 3 heterocycles. The highest BCUT2D eigenvalue weighted by Gasteiger charge is 2.22. The minimum atomic E-state index is 0.171. The Hall–Kier alpha value is -0.790. The molecule has 1 fully saturated rings. The highest BCUT2D eigenvalue weighted by Crippen LogP contribution is 2.28. The van der Waals surface area contributed by atoms with Gasteiger partial charge in [-0.05, 0) is 57.3 Å². The maximum absolute atomic E-state index is 5.35. The zero-order chi connectivity index (χ0) is 13.2. The van der Waals surface area contributed by atoms with Crippen LogP contribution in [0.3, 0.4) is 0 Å². The van der Waals surface area contributed by atoms with Gasteiger partial charge in [0, 0.05) is 15.1 Å². The first-order valence-corrected chi connectivity index (χ1v) is 7.71. The average molecular weight is 388 g/mol. The third-order valence-corrected chi connectivity index (χ3v) is 4.11. The number of rotatable bonds is 2. The molecule has 1 N–H and O–H groups in total. The number of nitrogens with zero attached hydrogens (tertiary/aromatic N) is 3. The smallest absolute Gasteiger partial charge is 0.244 e. The predicted molar refractivity (Wildman–Crippen MR) is 77.5 cm³/mol. The molecule has 1 aliphatic rings. The first-order chi connectivity index (χ1) is 9.24. The van der Waals surface area contributed by atoms with Gasteiger partial charge in [-0.2, -0.15) is 4.98 Å². The Kier molecular flexibility index (Phi) is 3.95. The molecule has 0 spiro atoms. The molecule has 0 aromatic carbocycles. The summed E-state index contributed by atoms with van der Waals surface area (Å²) in [5.74, 6) is 1.16. The van der Waals surface area contributed by atoms with E-state index in [1.165, 1.54) is 12.8 Å². The Morgan fingerprint density at radius 3 is 2.95 bits per heavy atom. The van der Waals surface area contributed by atoms with Crippen molar-refractivity contribution in [3.63, 3.8) is 0 Å². The van der Waals surface area contributed by atoms with Gasteiger partial charge in [-0.3, -0.25) is 4.98 Å². The van der Waals surface area contributed by atoms with Crippen LogP contribution >= 0.6 is 31.9 Å². The average Bonchev–Trinajstić information content (AvgIpc) is 2.89. The molecular weight excluding hydrogens is 376 g/mol. The van der Waals surface area contributed by atoms with E-state index in [4.69, 9.17) is 4.52 Å². The molecule has 0 bridgehead atoms. The van der Waals surface area contributed by atoms with E-state index >= 15 is 0 Å². The van der Waals surface area contributed by atoms with E-state index in [9.17, 15) is 0 Å². The van der Waals surface area contributed by atoms with Crippen molar-refractivity contribution in [1.29, 1.82) is 0 Å². The summed E-state index contributed by atoms with van der Waals surface area (Å²) in [5.41, 5.74) is 0.689. The molecule has 0 amide bonds. The fraction of sp³-hybridized carbons (Fsp3) is 0.417. The summed E-state index contributed by atoms with van der Waals surface area (Å²) in [5, 5.41) is 7.41. The van der Waals surface area contributed by atoms with Crippen molar-refractivity contribution in [2.24, 2.45) is 0 Å². The van der Waals surface area contributed by atoms with Crippen molar-refractivity contribution in [2.75, 3.05) is 6.54 Å². The Morgan fingerprint density at radius 2 is 2.21 bits per heavy atom. The van der Waals surface area contributed by atoms with Crippen LogP contribution < -0.4 is 5.32 Å². The molecule has 0 aliphatic carbocycles. The van der Waals surface area contributed by atoms with Crippen molar-refractivity contribution in [1.82, 2.24) is 20.4 Å². The number of aromatic nitrogens is 3. The third kappa shape index (κ3) is 2.88. The number of piperidine rings is 1. The highest BCUT2D eigenvalue weighted by molar-refractivity contribution is 9.11. The lowest BCUT2D eigenvalue weighted by molar-refractivity contribution is 0.297. The zero-order valence-corrected chi connectivity index (χ0v) is 13.2. The van der Waals surface area contributed by atoms with Gasteiger partial charge in [0.2, 0.25) is 11.7 Å². The largest absolute Gasteiger partial charge is 0.337 e. The Bertz CT molecular complexity index is 581. The second-order valence-electron chi connectivity index (χ2n) is 4.44. The van der Waals surface area contributed by atoms with E-state index in [1.54, 1.807) is 6.20 Å². The van der Waals surface area contributed by atoms with Crippen LogP contribution in [0.5, 0.6) is 0 Å². The Morgan fingerprint density at radius 1 is 1.32 bits per heavy atom. The summed E-state index contributed by atoms with van der Waals surface area (Å²) < 4.78 is 7.09. The van der Waals surface area contributed by atoms with Crippen LogP contribution in [0.25, 0.3) is 11.5 Å². The van der Waals surface area contributed by atoms with Crippen molar-refractivity contribution < 1.29 is 4.52 Å². The van der Waals surface area contributed by atoms with Crippen molar-refractivity contribution in [2.45, 2.75) is 25.3 Å². The monoisotopic (exact) mass is 386 g/mol. The van der Waals surface area contributed by atoms with Gasteiger partial charge in [0.15, 0.2) is 0 Å². The van der Waals surface area contributed by atoms with Crippen LogP contribution in [0.2, 0.25) is 0 Å². The van der Waals surface area contributed by atoms with Crippen molar-refractivity contribution in [3.8, 4) is 11.5 Å². The summed E-state index contributed by atoms with van der Waals surface area (Å²) in [6.07, 6.45) is 5.15. The standard InChI is InChI=1S/C12H12Br2N4O/c13-7-5-8(14)10(16-6-7)11-17-12(19-18-11)9-3-1-2-4-15-9/h5-6,9,15H,1-4H2/t9-/m1/s1. The van der Waals surface area contributed by atoms with Gasteiger partial charge in [0.05, 0.1) is 6.04 Å². The van der Waals surface area contributed by atoms with E-state index < -0.39 is 0 Å². The first kappa shape index (κ1) is 13.2. The molecule has 19 heavy (non-hydrogen) atoms. The molecule has 2 aromatic heterocycles. The normalized spacial score (nSPS) is 19.6. The van der Waals surface area contributed by atoms with Gasteiger partial charge in [0.1, 0.15) is 5.69 Å². The number of pyridine rings is 1. The maximum atomic E-state index is 5.35. The zero-order valence-electron chi connectivity index (χ0n) is 10.1. The molecular formula is C12H12Br2N4O. The molecule has 0 radical (unpaired) electrons. The van der Waals surface area contributed by atoms with E-state index in [1.807, 2.05) is 6.07 Å². The lowest BCUT2D eigenvalue weighted by Crippen LogP contribution is -2.26. The lowest BCUT2D eigenvalue weighted by Gasteiger charge is -2.19. The quantitative estimate of drug-likeness (QED) is 0.854. The number of hydrogen-bond acceptors (Lipinski definition) is 5. The summed E-state index contributed by atoms with van der Waals surface area (Å²) in [6, 6.07) is 2.08. The molecule has 2 aromatic rings. The Balaban J connectivity index is 1.87. The van der Waals surface area contributed by atoms with Crippen LogP contribution in [-0.2, 0) is 0 Å². The van der Waals surface area contributed by atoms with E-state index in [0.29, 0.717) is 17.4 Å². The predicted octanol–water partition coefficient (Wildman–Crippen LogP) is 3.47. The van der Waals surface area contributed by atoms with Crippen LogP contribution in [0, 0.1) is 0 Å². The maximum Gasteiger partial charge on any atom is 0.244 e. The van der Waals surface area contributed by atoms with Crippen LogP contribution in [0.1, 0.15) is 31.2 Å². The molecule has 3 rings (SSSR count). The first-order valence-electron chi connectivity index (χ1n) is 6.12. The van der Waals surface area contributed by atoms with Crippen LogP contribution in [0.4, 0.5) is 0 Å². The summed E-state index contributed by atoms with van der Waals surface area (Å²) in [4.78, 5) is 8.75. The molecule has 1 atom stereocenters. The van der Waals surface area contributed by atoms with Gasteiger partial charge >= 0.3 is 0 Å². The van der Waals surface area contributed by atoms with Gasteiger partial charge in [0.25, 0.3) is 0 Å². The molecule has 100 valence electrons. The highest BCUT2D eigenvalue weighted by atomic mass is 79.9. The van der Waals surface area contributed by atoms with Gasteiger partial charge in [-0.1, -0.05) is 11.6 Å². The topological polar surface area (TPSA) is 63.8 Å². The summed E-state index contributed by atoms with van der Waals surface area (Å²) in [6.45, 7) is 1.00. The van der Waals surface area contributed by atoms with E-state index in [-0.39, 0.29) is 6.04 Å². The molecule has 0 unspecified atom stereocenters. The number of hydrogen-bond donors (Lipinski definition) is 1. The van der Waals surface area contributed by atoms with E-state index in [2.05, 4.69) is 52.3 Å². The third-order valence-electron chi connectivity index (χ3n) is 3.07. The molecule has 1 aliphatic heterocycles. The lowest BCUT2D eigenvalue weighted by atomic mass is 10.1. The molecule has 7 heteroatoms. The SMILES string of the molecule is Brc1cnc(-c2noc([C@H]3CCCCN3)n2)c(Br)c1. The minimum absolute atomic E-state index is 0.171. The van der Waals surface area contributed by atoms with Gasteiger partial charge < -0.3 is 9.84 Å². The fourth-order valence-corrected chi connectivity index (χ4v) is 3.28.